The van der Waals surface area contributed by atoms with Gasteiger partial charge in [0.05, 0.1) is 5.69 Å². The van der Waals surface area contributed by atoms with Crippen molar-refractivity contribution in [1.82, 2.24) is 4.98 Å². The molecule has 7 heteroatoms. The Labute approximate surface area is 137 Å². The second kappa shape index (κ2) is 6.34. The zero-order valence-corrected chi connectivity index (χ0v) is 14.7. The van der Waals surface area contributed by atoms with Crippen LogP contribution in [0.15, 0.2) is 45.9 Å². The number of hydrogen-bond donors (Lipinski definition) is 0. The number of sulfonamides is 1. The monoisotopic (exact) mass is 388 g/mol. The third kappa shape index (κ3) is 3.22. The average molecular weight is 390 g/mol. The molecule has 0 unspecified atom stereocenters. The van der Waals surface area contributed by atoms with Crippen LogP contribution in [0.5, 0.6) is 0 Å². The second-order valence-electron chi connectivity index (χ2n) is 4.40. The molecule has 2 aromatic rings. The number of rotatable bonds is 4. The summed E-state index contributed by atoms with van der Waals surface area (Å²) in [6, 6.07) is 8.78. The summed E-state index contributed by atoms with van der Waals surface area (Å²) in [5, 5.41) is -0.0368. The third-order valence-corrected chi connectivity index (χ3v) is 5.76. The molecule has 0 aliphatic heterocycles. The molecule has 0 N–H and O–H groups in total. The molecule has 0 radical (unpaired) electrons. The first-order valence-corrected chi connectivity index (χ1v) is 8.88. The maximum atomic E-state index is 12.9. The van der Waals surface area contributed by atoms with Gasteiger partial charge in [-0.1, -0.05) is 29.8 Å². The molecule has 112 valence electrons. The topological polar surface area (TPSA) is 50.3 Å². The highest BCUT2D eigenvalue weighted by atomic mass is 79.9. The summed E-state index contributed by atoms with van der Waals surface area (Å²) < 4.78 is 27.6. The molecule has 0 saturated carbocycles. The van der Waals surface area contributed by atoms with Gasteiger partial charge in [-0.2, -0.15) is 0 Å². The minimum Gasteiger partial charge on any atom is -0.266 e. The Morgan fingerprint density at radius 1 is 1.33 bits per heavy atom. The van der Waals surface area contributed by atoms with Crippen LogP contribution in [0.25, 0.3) is 0 Å². The van der Waals surface area contributed by atoms with Crippen molar-refractivity contribution < 1.29 is 8.42 Å². The molecule has 0 aliphatic carbocycles. The number of nitrogens with zero attached hydrogens (tertiary/aromatic N) is 2. The number of aromatic nitrogens is 1. The van der Waals surface area contributed by atoms with Crippen LogP contribution in [0.3, 0.4) is 0 Å². The van der Waals surface area contributed by atoms with Gasteiger partial charge in [0.2, 0.25) is 0 Å². The highest BCUT2D eigenvalue weighted by Crippen LogP contribution is 2.30. The van der Waals surface area contributed by atoms with Crippen LogP contribution < -0.4 is 4.31 Å². The highest BCUT2D eigenvalue weighted by Gasteiger charge is 2.27. The van der Waals surface area contributed by atoms with E-state index < -0.39 is 10.0 Å². The number of halogens is 2. The van der Waals surface area contributed by atoms with Crippen molar-refractivity contribution in [2.24, 2.45) is 0 Å². The lowest BCUT2D eigenvalue weighted by Crippen LogP contribution is -2.31. The maximum absolute atomic E-state index is 12.9. The summed E-state index contributed by atoms with van der Waals surface area (Å²) >= 11 is 9.20. The summed E-state index contributed by atoms with van der Waals surface area (Å²) in [5.41, 5.74) is 1.51. The van der Waals surface area contributed by atoms with Gasteiger partial charge >= 0.3 is 0 Å². The van der Waals surface area contributed by atoms with Gasteiger partial charge in [0.1, 0.15) is 10.0 Å². The van der Waals surface area contributed by atoms with Crippen LogP contribution in [-0.2, 0) is 10.0 Å². The van der Waals surface area contributed by atoms with E-state index in [9.17, 15) is 8.42 Å². The molecule has 4 nitrogen and oxygen atoms in total. The van der Waals surface area contributed by atoms with Crippen molar-refractivity contribution in [3.8, 4) is 0 Å². The molecule has 1 aromatic heterocycles. The third-order valence-electron chi connectivity index (χ3n) is 3.01. The van der Waals surface area contributed by atoms with Gasteiger partial charge in [-0.3, -0.25) is 4.31 Å². The molecule has 2 rings (SSSR count). The fourth-order valence-electron chi connectivity index (χ4n) is 2.02. The van der Waals surface area contributed by atoms with Gasteiger partial charge in [-0.15, -0.1) is 0 Å². The van der Waals surface area contributed by atoms with Gasteiger partial charge in [-0.25, -0.2) is 13.4 Å². The number of hydrogen-bond acceptors (Lipinski definition) is 3. The summed E-state index contributed by atoms with van der Waals surface area (Å²) in [6.45, 7) is 3.95. The zero-order valence-electron chi connectivity index (χ0n) is 11.5. The number of pyridine rings is 1. The van der Waals surface area contributed by atoms with E-state index in [2.05, 4.69) is 20.9 Å². The van der Waals surface area contributed by atoms with E-state index in [1.165, 1.54) is 16.6 Å². The Balaban J connectivity index is 2.61. The van der Waals surface area contributed by atoms with Gasteiger partial charge in [0.15, 0.2) is 0 Å². The van der Waals surface area contributed by atoms with E-state index in [1.54, 1.807) is 19.1 Å². The lowest BCUT2D eigenvalue weighted by atomic mass is 10.2. The van der Waals surface area contributed by atoms with Gasteiger partial charge in [-0.05, 0) is 47.5 Å². The lowest BCUT2D eigenvalue weighted by Gasteiger charge is -2.24. The predicted molar refractivity (Wildman–Crippen MR) is 88.3 cm³/mol. The highest BCUT2D eigenvalue weighted by molar-refractivity contribution is 9.10. The lowest BCUT2D eigenvalue weighted by molar-refractivity contribution is 0.591. The minimum atomic E-state index is -3.77. The van der Waals surface area contributed by atoms with Crippen molar-refractivity contribution in [2.75, 3.05) is 10.8 Å². The first-order chi connectivity index (χ1) is 9.87. The Morgan fingerprint density at radius 2 is 2.00 bits per heavy atom. The summed E-state index contributed by atoms with van der Waals surface area (Å²) in [7, 11) is -3.77. The summed E-state index contributed by atoms with van der Waals surface area (Å²) in [6.07, 6.45) is 1.46. The fourth-order valence-corrected chi connectivity index (χ4v) is 4.48. The van der Waals surface area contributed by atoms with Crippen molar-refractivity contribution in [3.63, 3.8) is 0 Å². The smallest absolute Gasteiger partial charge is 0.266 e. The normalized spacial score (nSPS) is 11.4. The van der Waals surface area contributed by atoms with E-state index in [0.717, 1.165) is 5.56 Å². The minimum absolute atomic E-state index is 0.0105. The van der Waals surface area contributed by atoms with Gasteiger partial charge in [0.25, 0.3) is 10.0 Å². The number of para-hydroxylation sites is 1. The first kappa shape index (κ1) is 16.3. The molecule has 0 bridgehead atoms. The van der Waals surface area contributed by atoms with Crippen LogP contribution in [-0.4, -0.2) is 19.9 Å². The SMILES string of the molecule is CCN(c1ccccc1C)S(=O)(=O)c1cc(Br)cnc1Cl. The van der Waals surface area contributed by atoms with Crippen LogP contribution >= 0.6 is 27.5 Å². The molecular weight excluding hydrogens is 376 g/mol. The quantitative estimate of drug-likeness (QED) is 0.742. The van der Waals surface area contributed by atoms with Crippen LogP contribution in [0.4, 0.5) is 5.69 Å². The molecule has 1 aromatic carbocycles. The van der Waals surface area contributed by atoms with Crippen molar-refractivity contribution >= 4 is 43.2 Å². The zero-order chi connectivity index (χ0) is 15.6. The number of benzene rings is 1. The molecule has 0 saturated heterocycles. The molecule has 0 aliphatic rings. The number of aryl methyl sites for hydroxylation is 1. The summed E-state index contributed by atoms with van der Waals surface area (Å²) in [4.78, 5) is 3.88. The molecule has 1 heterocycles. The number of anilines is 1. The van der Waals surface area contributed by atoms with Crippen molar-refractivity contribution in [1.29, 1.82) is 0 Å². The predicted octanol–water partition coefficient (Wildman–Crippen LogP) is 4.02. The Morgan fingerprint density at radius 3 is 2.62 bits per heavy atom. The van der Waals surface area contributed by atoms with Crippen LogP contribution in [0, 0.1) is 6.92 Å². The maximum Gasteiger partial charge on any atom is 0.267 e. The average Bonchev–Trinajstić information content (AvgIpc) is 2.44. The fraction of sp³-hybridized carbons (Fsp3) is 0.214. The molecule has 0 atom stereocenters. The van der Waals surface area contributed by atoms with E-state index >= 15 is 0 Å². The van der Waals surface area contributed by atoms with Gasteiger partial charge in [0, 0.05) is 17.2 Å². The first-order valence-electron chi connectivity index (χ1n) is 6.27. The van der Waals surface area contributed by atoms with E-state index in [-0.39, 0.29) is 10.0 Å². The molecule has 21 heavy (non-hydrogen) atoms. The second-order valence-corrected chi connectivity index (χ2v) is 7.50. The van der Waals surface area contributed by atoms with Crippen molar-refractivity contribution in [3.05, 3.63) is 51.7 Å². The Bertz CT molecular complexity index is 765. The molecular formula is C14H14BrClN2O2S. The Kier molecular flexibility index (Phi) is 4.91. The summed E-state index contributed by atoms with van der Waals surface area (Å²) in [5.74, 6) is 0. The molecule has 0 spiro atoms. The van der Waals surface area contributed by atoms with Crippen molar-refractivity contribution in [2.45, 2.75) is 18.7 Å². The van der Waals surface area contributed by atoms with Crippen LogP contribution in [0.1, 0.15) is 12.5 Å². The van der Waals surface area contributed by atoms with E-state index in [0.29, 0.717) is 16.7 Å². The molecule has 0 amide bonds. The van der Waals surface area contributed by atoms with E-state index in [1.807, 2.05) is 19.1 Å². The Hall–Kier alpha value is -1.11. The molecule has 0 fully saturated rings. The largest absolute Gasteiger partial charge is 0.267 e. The standard InChI is InChI=1S/C14H14BrClN2O2S/c1-3-18(12-7-5-4-6-10(12)2)21(19,20)13-8-11(15)9-17-14(13)16/h4-9H,3H2,1-2H3. The van der Waals surface area contributed by atoms with E-state index in [4.69, 9.17) is 11.6 Å². The van der Waals surface area contributed by atoms with Gasteiger partial charge < -0.3 is 0 Å². The van der Waals surface area contributed by atoms with Crippen LogP contribution in [0.2, 0.25) is 5.15 Å².